The largest absolute Gasteiger partial charge is 0.386 e. The summed E-state index contributed by atoms with van der Waals surface area (Å²) >= 11 is 5.94. The average molecular weight is 265 g/mol. The molecule has 0 radical (unpaired) electrons. The minimum absolute atomic E-state index is 0.544. The van der Waals surface area contributed by atoms with Gasteiger partial charge < -0.3 is 5.11 Å². The summed E-state index contributed by atoms with van der Waals surface area (Å²) in [6.45, 7) is 2.92. The molecule has 0 fully saturated rings. The molecule has 0 spiro atoms. The molecule has 3 nitrogen and oxygen atoms in total. The van der Waals surface area contributed by atoms with Gasteiger partial charge in [0.05, 0.1) is 11.8 Å². The summed E-state index contributed by atoms with van der Waals surface area (Å²) < 4.78 is 1.86. The molecule has 1 heterocycles. The lowest BCUT2D eigenvalue weighted by molar-refractivity contribution is 0.166. The topological polar surface area (TPSA) is 38.0 Å². The predicted molar refractivity (Wildman–Crippen MR) is 72.6 cm³/mol. The molecule has 0 amide bonds. The number of hydrogen-bond donors (Lipinski definition) is 1. The molecule has 2 aromatic rings. The summed E-state index contributed by atoms with van der Waals surface area (Å²) in [5, 5.41) is 15.2. The predicted octanol–water partition coefficient (Wildman–Crippen LogP) is 3.22. The Morgan fingerprint density at radius 1 is 1.39 bits per heavy atom. The van der Waals surface area contributed by atoms with Crippen molar-refractivity contribution in [3.8, 4) is 0 Å². The molecule has 0 saturated carbocycles. The van der Waals surface area contributed by atoms with Gasteiger partial charge in [-0.05, 0) is 30.2 Å². The number of nitrogens with zero attached hydrogens (tertiary/aromatic N) is 2. The Morgan fingerprint density at radius 3 is 2.94 bits per heavy atom. The van der Waals surface area contributed by atoms with Crippen molar-refractivity contribution in [3.05, 3.63) is 52.8 Å². The van der Waals surface area contributed by atoms with E-state index in [1.54, 1.807) is 6.20 Å². The molecule has 0 saturated heterocycles. The van der Waals surface area contributed by atoms with E-state index in [2.05, 4.69) is 12.0 Å². The number of aromatic nitrogens is 2. The highest BCUT2D eigenvalue weighted by Crippen LogP contribution is 2.20. The highest BCUT2D eigenvalue weighted by Gasteiger charge is 2.13. The maximum absolute atomic E-state index is 10.3. The molecule has 96 valence electrons. The molecule has 1 N–H and O–H groups in total. The molecule has 1 aromatic carbocycles. The number of aliphatic hydroxyl groups is 1. The van der Waals surface area contributed by atoms with Crippen molar-refractivity contribution in [1.29, 1.82) is 0 Å². The van der Waals surface area contributed by atoms with E-state index in [4.69, 9.17) is 11.6 Å². The lowest BCUT2D eigenvalue weighted by Crippen LogP contribution is -2.11. The average Bonchev–Trinajstić information content (AvgIpc) is 2.78. The van der Waals surface area contributed by atoms with Crippen LogP contribution in [0.4, 0.5) is 0 Å². The Labute approximate surface area is 112 Å². The number of halogens is 1. The number of aliphatic hydroxyl groups excluding tert-OH is 1. The van der Waals surface area contributed by atoms with E-state index in [1.807, 2.05) is 35.0 Å². The molecule has 2 rings (SSSR count). The van der Waals surface area contributed by atoms with E-state index in [0.29, 0.717) is 11.4 Å². The molecular formula is C14H17ClN2O. The van der Waals surface area contributed by atoms with E-state index in [-0.39, 0.29) is 0 Å². The van der Waals surface area contributed by atoms with Gasteiger partial charge in [-0.15, -0.1) is 0 Å². The highest BCUT2D eigenvalue weighted by atomic mass is 35.5. The van der Waals surface area contributed by atoms with Gasteiger partial charge in [0.15, 0.2) is 0 Å². The fraction of sp³-hybridized carbons (Fsp3) is 0.357. The van der Waals surface area contributed by atoms with Crippen molar-refractivity contribution in [1.82, 2.24) is 9.78 Å². The van der Waals surface area contributed by atoms with E-state index in [1.165, 1.54) is 0 Å². The smallest absolute Gasteiger partial charge is 0.0996 e. The maximum atomic E-state index is 10.3. The molecular weight excluding hydrogens is 248 g/mol. The maximum Gasteiger partial charge on any atom is 0.0996 e. The Kier molecular flexibility index (Phi) is 4.39. The van der Waals surface area contributed by atoms with E-state index in [0.717, 1.165) is 24.2 Å². The molecule has 1 aromatic heterocycles. The van der Waals surface area contributed by atoms with Crippen molar-refractivity contribution >= 4 is 11.6 Å². The van der Waals surface area contributed by atoms with Crippen molar-refractivity contribution in [2.24, 2.45) is 0 Å². The van der Waals surface area contributed by atoms with Gasteiger partial charge in [-0.1, -0.05) is 30.7 Å². The second kappa shape index (κ2) is 6.03. The summed E-state index contributed by atoms with van der Waals surface area (Å²) in [7, 11) is 0. The van der Waals surface area contributed by atoms with Crippen LogP contribution in [0.15, 0.2) is 36.5 Å². The van der Waals surface area contributed by atoms with Crippen LogP contribution in [0.3, 0.4) is 0 Å². The first-order chi connectivity index (χ1) is 8.70. The Balaban J connectivity index is 2.11. The summed E-state index contributed by atoms with van der Waals surface area (Å²) in [5.41, 5.74) is 1.89. The van der Waals surface area contributed by atoms with Crippen LogP contribution in [-0.4, -0.2) is 14.9 Å². The van der Waals surface area contributed by atoms with Crippen LogP contribution in [0.1, 0.15) is 30.7 Å². The third-order valence-corrected chi connectivity index (χ3v) is 3.08. The molecule has 0 aliphatic rings. The van der Waals surface area contributed by atoms with Crippen molar-refractivity contribution in [3.63, 3.8) is 0 Å². The molecule has 1 unspecified atom stereocenters. The van der Waals surface area contributed by atoms with Crippen LogP contribution in [0, 0.1) is 0 Å². The van der Waals surface area contributed by atoms with Gasteiger partial charge in [-0.2, -0.15) is 5.10 Å². The van der Waals surface area contributed by atoms with Gasteiger partial charge in [0.1, 0.15) is 0 Å². The van der Waals surface area contributed by atoms with Gasteiger partial charge in [-0.25, -0.2) is 0 Å². The van der Waals surface area contributed by atoms with Crippen LogP contribution in [0.25, 0.3) is 0 Å². The second-order valence-electron chi connectivity index (χ2n) is 4.33. The quantitative estimate of drug-likeness (QED) is 0.900. The highest BCUT2D eigenvalue weighted by molar-refractivity contribution is 6.30. The number of rotatable bonds is 5. The molecule has 0 bridgehead atoms. The minimum atomic E-state index is -0.544. The number of aryl methyl sites for hydroxylation is 1. The molecule has 0 aliphatic carbocycles. The van der Waals surface area contributed by atoms with Crippen LogP contribution in [0.2, 0.25) is 5.02 Å². The first-order valence-corrected chi connectivity index (χ1v) is 6.52. The summed E-state index contributed by atoms with van der Waals surface area (Å²) in [5.74, 6) is 0. The number of hydrogen-bond acceptors (Lipinski definition) is 2. The van der Waals surface area contributed by atoms with Crippen LogP contribution >= 0.6 is 11.6 Å². The van der Waals surface area contributed by atoms with Gasteiger partial charge in [0, 0.05) is 24.2 Å². The van der Waals surface area contributed by atoms with Crippen LogP contribution in [0.5, 0.6) is 0 Å². The van der Waals surface area contributed by atoms with E-state index in [9.17, 15) is 5.11 Å². The Hall–Kier alpha value is -1.32. The number of benzene rings is 1. The Bertz CT molecular complexity index is 510. The van der Waals surface area contributed by atoms with E-state index >= 15 is 0 Å². The lowest BCUT2D eigenvalue weighted by atomic mass is 10.1. The van der Waals surface area contributed by atoms with Crippen LogP contribution in [-0.2, 0) is 13.0 Å². The lowest BCUT2D eigenvalue weighted by Gasteiger charge is -2.13. The first-order valence-electron chi connectivity index (χ1n) is 6.15. The van der Waals surface area contributed by atoms with Gasteiger partial charge >= 0.3 is 0 Å². The Morgan fingerprint density at radius 2 is 2.22 bits per heavy atom. The summed E-state index contributed by atoms with van der Waals surface area (Å²) in [6, 6.07) is 9.44. The van der Waals surface area contributed by atoms with Gasteiger partial charge in [0.25, 0.3) is 0 Å². The third-order valence-electron chi connectivity index (χ3n) is 2.84. The van der Waals surface area contributed by atoms with Crippen molar-refractivity contribution in [2.75, 3.05) is 0 Å². The fourth-order valence-corrected chi connectivity index (χ4v) is 2.23. The first kappa shape index (κ1) is 13.1. The molecule has 1 atom stereocenters. The zero-order chi connectivity index (χ0) is 13.0. The van der Waals surface area contributed by atoms with E-state index < -0.39 is 6.10 Å². The second-order valence-corrected chi connectivity index (χ2v) is 4.77. The zero-order valence-electron chi connectivity index (χ0n) is 10.4. The molecule has 4 heteroatoms. The minimum Gasteiger partial charge on any atom is -0.386 e. The standard InChI is InChI=1S/C14H17ClN2O/c1-2-8-17-13(6-7-16-17)14(18)10-11-4-3-5-12(15)9-11/h3-7,9,14,18H,2,8,10H2,1H3. The third kappa shape index (κ3) is 3.12. The normalized spacial score (nSPS) is 12.6. The van der Waals surface area contributed by atoms with Crippen molar-refractivity contribution in [2.45, 2.75) is 32.4 Å². The van der Waals surface area contributed by atoms with Gasteiger partial charge in [-0.3, -0.25) is 4.68 Å². The molecule has 0 aliphatic heterocycles. The monoisotopic (exact) mass is 264 g/mol. The summed E-state index contributed by atoms with van der Waals surface area (Å²) in [6.07, 6.45) is 2.73. The molecule has 18 heavy (non-hydrogen) atoms. The van der Waals surface area contributed by atoms with Crippen LogP contribution < -0.4 is 0 Å². The summed E-state index contributed by atoms with van der Waals surface area (Å²) in [4.78, 5) is 0. The van der Waals surface area contributed by atoms with Gasteiger partial charge in [0.2, 0.25) is 0 Å². The fourth-order valence-electron chi connectivity index (χ4n) is 2.02. The van der Waals surface area contributed by atoms with Crippen molar-refractivity contribution < 1.29 is 5.11 Å². The SMILES string of the molecule is CCCn1nccc1C(O)Cc1cccc(Cl)c1. The zero-order valence-corrected chi connectivity index (χ0v) is 11.1.